The van der Waals surface area contributed by atoms with Gasteiger partial charge in [0.15, 0.2) is 0 Å². The number of nitrogens with zero attached hydrogens (tertiary/aromatic N) is 2. The van der Waals surface area contributed by atoms with Gasteiger partial charge in [-0.1, -0.05) is 6.92 Å². The number of halogens is 2. The van der Waals surface area contributed by atoms with Crippen LogP contribution >= 0.6 is 0 Å². The Balaban J connectivity index is 2.45. The van der Waals surface area contributed by atoms with Gasteiger partial charge in [0.25, 0.3) is 6.43 Å². The molecule has 0 spiro atoms. The van der Waals surface area contributed by atoms with Gasteiger partial charge in [-0.05, 0) is 12.8 Å². The van der Waals surface area contributed by atoms with Crippen LogP contribution in [0.25, 0.3) is 0 Å². The monoisotopic (exact) mass is 276 g/mol. The van der Waals surface area contributed by atoms with Gasteiger partial charge in [-0.3, -0.25) is 4.68 Å². The number of carbonyl (C=O) groups is 1. The molecule has 1 unspecified atom stereocenters. The van der Waals surface area contributed by atoms with Gasteiger partial charge in [-0.15, -0.1) is 0 Å². The van der Waals surface area contributed by atoms with Crippen molar-refractivity contribution in [2.24, 2.45) is 0 Å². The maximum absolute atomic E-state index is 12.1. The maximum atomic E-state index is 12.1. The Labute approximate surface area is 109 Å². The first-order valence-electron chi connectivity index (χ1n) is 6.04. The minimum Gasteiger partial charge on any atom is -0.396 e. The summed E-state index contributed by atoms with van der Waals surface area (Å²) in [7, 11) is 0. The average molecular weight is 276 g/mol. The maximum Gasteiger partial charge on any atom is 0.319 e. The van der Waals surface area contributed by atoms with Crippen molar-refractivity contribution in [2.75, 3.05) is 11.9 Å². The fraction of sp³-hybridized carbons (Fsp3) is 0.636. The summed E-state index contributed by atoms with van der Waals surface area (Å²) in [5, 5.41) is 17.7. The quantitative estimate of drug-likeness (QED) is 0.705. The van der Waals surface area contributed by atoms with Crippen molar-refractivity contribution in [2.45, 2.75) is 38.8 Å². The second-order valence-corrected chi connectivity index (χ2v) is 4.06. The van der Waals surface area contributed by atoms with Crippen molar-refractivity contribution in [3.05, 3.63) is 12.4 Å². The van der Waals surface area contributed by atoms with Gasteiger partial charge in [-0.25, -0.2) is 13.6 Å². The smallest absolute Gasteiger partial charge is 0.319 e. The molecule has 0 aliphatic heterocycles. The lowest BCUT2D eigenvalue weighted by atomic mass is 10.2. The summed E-state index contributed by atoms with van der Waals surface area (Å²) in [6, 6.07) is -0.571. The topological polar surface area (TPSA) is 79.2 Å². The molecule has 0 fully saturated rings. The number of aromatic nitrogens is 2. The third kappa shape index (κ3) is 5.64. The third-order valence-corrected chi connectivity index (χ3v) is 2.52. The molecule has 0 aliphatic rings. The van der Waals surface area contributed by atoms with Crippen LogP contribution in [0.5, 0.6) is 0 Å². The number of anilines is 1. The molecule has 1 aromatic rings. The third-order valence-electron chi connectivity index (χ3n) is 2.52. The number of hydrogen-bond acceptors (Lipinski definition) is 3. The standard InChI is InChI=1S/C11H18F2N4O2/c1-2-8(3-4-18)15-11(19)16-9-5-14-17(6-9)7-10(12)13/h5-6,8,10,18H,2-4,7H2,1H3,(H2,15,16,19). The molecule has 19 heavy (non-hydrogen) atoms. The molecule has 6 nitrogen and oxygen atoms in total. The first kappa shape index (κ1) is 15.4. The Bertz CT molecular complexity index is 398. The Morgan fingerprint density at radius 1 is 1.58 bits per heavy atom. The lowest BCUT2D eigenvalue weighted by molar-refractivity contribution is 0.122. The van der Waals surface area contributed by atoms with Crippen molar-refractivity contribution < 1.29 is 18.7 Å². The molecule has 1 heterocycles. The van der Waals surface area contributed by atoms with Gasteiger partial charge in [0.05, 0.1) is 11.9 Å². The summed E-state index contributed by atoms with van der Waals surface area (Å²) < 4.78 is 25.3. The van der Waals surface area contributed by atoms with Crippen LogP contribution in [0, 0.1) is 0 Å². The van der Waals surface area contributed by atoms with Gasteiger partial charge in [0.2, 0.25) is 0 Å². The molecule has 2 amide bonds. The number of aliphatic hydroxyl groups is 1. The van der Waals surface area contributed by atoms with E-state index in [0.29, 0.717) is 18.5 Å². The zero-order chi connectivity index (χ0) is 14.3. The van der Waals surface area contributed by atoms with E-state index in [4.69, 9.17) is 5.11 Å². The second-order valence-electron chi connectivity index (χ2n) is 4.06. The summed E-state index contributed by atoms with van der Waals surface area (Å²) in [4.78, 5) is 11.6. The number of nitrogens with one attached hydrogen (secondary N) is 2. The molecule has 0 saturated heterocycles. The molecular weight excluding hydrogens is 258 g/mol. The highest BCUT2D eigenvalue weighted by Crippen LogP contribution is 2.07. The van der Waals surface area contributed by atoms with E-state index >= 15 is 0 Å². The zero-order valence-electron chi connectivity index (χ0n) is 10.6. The first-order chi connectivity index (χ1) is 9.05. The minimum absolute atomic E-state index is 0.00882. The van der Waals surface area contributed by atoms with E-state index in [1.54, 1.807) is 0 Å². The van der Waals surface area contributed by atoms with E-state index in [2.05, 4.69) is 15.7 Å². The van der Waals surface area contributed by atoms with Crippen LogP contribution in [0.4, 0.5) is 19.3 Å². The molecule has 3 N–H and O–H groups in total. The van der Waals surface area contributed by atoms with Crippen molar-refractivity contribution >= 4 is 11.7 Å². The number of alkyl halides is 2. The van der Waals surface area contributed by atoms with E-state index in [1.165, 1.54) is 12.4 Å². The Morgan fingerprint density at radius 2 is 2.32 bits per heavy atom. The van der Waals surface area contributed by atoms with E-state index in [-0.39, 0.29) is 12.6 Å². The molecule has 1 aromatic heterocycles. The van der Waals surface area contributed by atoms with E-state index in [9.17, 15) is 13.6 Å². The molecule has 0 radical (unpaired) electrons. The lowest BCUT2D eigenvalue weighted by Gasteiger charge is -2.15. The molecule has 0 aliphatic carbocycles. The highest BCUT2D eigenvalue weighted by Gasteiger charge is 2.11. The van der Waals surface area contributed by atoms with Crippen LogP contribution in [-0.4, -0.2) is 40.0 Å². The number of hydrogen-bond donors (Lipinski definition) is 3. The summed E-state index contributed by atoms with van der Waals surface area (Å²) in [6.07, 6.45) is 1.30. The molecule has 8 heteroatoms. The normalized spacial score (nSPS) is 12.5. The van der Waals surface area contributed by atoms with Gasteiger partial charge in [0.1, 0.15) is 6.54 Å². The van der Waals surface area contributed by atoms with Crippen LogP contribution in [0.3, 0.4) is 0 Å². The Kier molecular flexibility index (Phi) is 6.20. The summed E-state index contributed by atoms with van der Waals surface area (Å²) in [6.45, 7) is 1.37. The molecule has 0 bridgehead atoms. The Hall–Kier alpha value is -1.70. The Morgan fingerprint density at radius 3 is 2.89 bits per heavy atom. The fourth-order valence-electron chi connectivity index (χ4n) is 1.56. The summed E-state index contributed by atoms with van der Waals surface area (Å²) in [5.74, 6) is 0. The van der Waals surface area contributed by atoms with Crippen LogP contribution < -0.4 is 10.6 Å². The van der Waals surface area contributed by atoms with Gasteiger partial charge in [-0.2, -0.15) is 5.10 Å². The molecule has 0 aromatic carbocycles. The molecule has 108 valence electrons. The van der Waals surface area contributed by atoms with E-state index in [0.717, 1.165) is 4.68 Å². The number of amides is 2. The van der Waals surface area contributed by atoms with Gasteiger partial charge in [0, 0.05) is 18.8 Å². The van der Waals surface area contributed by atoms with Crippen LogP contribution in [0.2, 0.25) is 0 Å². The average Bonchev–Trinajstić information content (AvgIpc) is 2.74. The van der Waals surface area contributed by atoms with E-state index in [1.807, 2.05) is 6.92 Å². The van der Waals surface area contributed by atoms with Crippen LogP contribution in [0.1, 0.15) is 19.8 Å². The molecule has 1 atom stereocenters. The van der Waals surface area contributed by atoms with Crippen LogP contribution in [-0.2, 0) is 6.54 Å². The lowest BCUT2D eigenvalue weighted by Crippen LogP contribution is -2.38. The second kappa shape index (κ2) is 7.67. The number of urea groups is 1. The van der Waals surface area contributed by atoms with Gasteiger partial charge >= 0.3 is 6.03 Å². The van der Waals surface area contributed by atoms with Crippen molar-refractivity contribution in [1.29, 1.82) is 0 Å². The van der Waals surface area contributed by atoms with Crippen molar-refractivity contribution in [3.63, 3.8) is 0 Å². The predicted octanol–water partition coefficient (Wildman–Crippen LogP) is 1.43. The molecular formula is C11H18F2N4O2. The zero-order valence-corrected chi connectivity index (χ0v) is 10.6. The largest absolute Gasteiger partial charge is 0.396 e. The molecule has 0 saturated carbocycles. The van der Waals surface area contributed by atoms with Crippen molar-refractivity contribution in [1.82, 2.24) is 15.1 Å². The SMILES string of the molecule is CCC(CCO)NC(=O)Nc1cnn(CC(F)F)c1. The number of carbonyl (C=O) groups excluding carboxylic acids is 1. The summed E-state index contributed by atoms with van der Waals surface area (Å²) in [5.41, 5.74) is 0.344. The minimum atomic E-state index is -2.49. The van der Waals surface area contributed by atoms with Gasteiger partial charge < -0.3 is 15.7 Å². The predicted molar refractivity (Wildman–Crippen MR) is 66.2 cm³/mol. The molecule has 1 rings (SSSR count). The first-order valence-corrected chi connectivity index (χ1v) is 6.04. The van der Waals surface area contributed by atoms with E-state index < -0.39 is 19.0 Å². The number of aliphatic hydroxyl groups excluding tert-OH is 1. The highest BCUT2D eigenvalue weighted by atomic mass is 19.3. The number of rotatable bonds is 7. The fourth-order valence-corrected chi connectivity index (χ4v) is 1.56. The van der Waals surface area contributed by atoms with Crippen molar-refractivity contribution in [3.8, 4) is 0 Å². The van der Waals surface area contributed by atoms with Crippen LogP contribution in [0.15, 0.2) is 12.4 Å². The summed E-state index contributed by atoms with van der Waals surface area (Å²) >= 11 is 0. The highest BCUT2D eigenvalue weighted by molar-refractivity contribution is 5.89.